The molecule has 4 aliphatic rings. The van der Waals surface area contributed by atoms with Gasteiger partial charge < -0.3 is 19.4 Å². The molecule has 5 heterocycles. The highest BCUT2D eigenvalue weighted by Gasteiger charge is 2.46. The topological polar surface area (TPSA) is 90.5 Å². The lowest BCUT2D eigenvalue weighted by molar-refractivity contribution is -0.153. The van der Waals surface area contributed by atoms with Gasteiger partial charge >= 0.3 is 6.18 Å². The minimum Gasteiger partial charge on any atom is -0.481 e. The molecule has 0 bridgehead atoms. The van der Waals surface area contributed by atoms with E-state index in [-0.39, 0.29) is 28.9 Å². The Kier molecular flexibility index (Phi) is 7.61. The molecule has 0 atom stereocenters. The summed E-state index contributed by atoms with van der Waals surface area (Å²) in [5.41, 5.74) is 3.74. The first-order valence-electron chi connectivity index (χ1n) is 17.0. The van der Waals surface area contributed by atoms with Crippen molar-refractivity contribution in [3.63, 3.8) is 0 Å². The maximum atomic E-state index is 13.9. The van der Waals surface area contributed by atoms with Gasteiger partial charge in [0.25, 0.3) is 0 Å². The van der Waals surface area contributed by atoms with Crippen LogP contribution in [0.5, 0.6) is 5.75 Å². The van der Waals surface area contributed by atoms with Crippen LogP contribution in [0.4, 0.5) is 19.0 Å². The number of rotatable bonds is 7. The number of nitrogens with one attached hydrogen (secondary N) is 1. The van der Waals surface area contributed by atoms with Gasteiger partial charge in [-0.1, -0.05) is 18.7 Å². The maximum Gasteiger partial charge on any atom is 0.422 e. The lowest BCUT2D eigenvalue weighted by Gasteiger charge is -2.54. The molecular formula is C36H40F3N7O2. The highest BCUT2D eigenvalue weighted by molar-refractivity contribution is 6.01. The number of nitrogens with zero attached hydrogens (tertiary/aromatic N) is 6. The van der Waals surface area contributed by atoms with Gasteiger partial charge in [-0.05, 0) is 93.9 Å². The molecule has 12 heteroatoms. The number of carbonyl (C=O) groups is 1. The molecule has 1 N–H and O–H groups in total. The van der Waals surface area contributed by atoms with Crippen LogP contribution in [0.3, 0.4) is 0 Å². The number of hydrogen-bond donors (Lipinski definition) is 1. The normalized spacial score (nSPS) is 20.4. The molecule has 48 heavy (non-hydrogen) atoms. The summed E-state index contributed by atoms with van der Waals surface area (Å²) in [6.07, 6.45) is 4.05. The van der Waals surface area contributed by atoms with Gasteiger partial charge in [0, 0.05) is 53.8 Å². The van der Waals surface area contributed by atoms with Crippen molar-refractivity contribution in [2.24, 2.45) is 5.41 Å². The van der Waals surface area contributed by atoms with E-state index in [1.807, 2.05) is 23.1 Å². The maximum absolute atomic E-state index is 13.9. The first kappa shape index (κ1) is 31.1. The molecule has 9 nitrogen and oxygen atoms in total. The van der Waals surface area contributed by atoms with Gasteiger partial charge in [0.1, 0.15) is 17.2 Å². The molecular weight excluding hydrogens is 619 g/mol. The van der Waals surface area contributed by atoms with Crippen LogP contribution in [0.1, 0.15) is 61.7 Å². The second kappa shape index (κ2) is 11.7. The van der Waals surface area contributed by atoms with Gasteiger partial charge in [-0.25, -0.2) is 9.97 Å². The molecule has 4 fully saturated rings. The summed E-state index contributed by atoms with van der Waals surface area (Å²) < 4.78 is 47.5. The fourth-order valence-electron chi connectivity index (χ4n) is 7.91. The minimum atomic E-state index is -4.52. The van der Waals surface area contributed by atoms with Gasteiger partial charge in [-0.2, -0.15) is 18.3 Å². The third kappa shape index (κ3) is 5.77. The molecule has 8 rings (SSSR count). The van der Waals surface area contributed by atoms with Crippen molar-refractivity contribution in [1.29, 1.82) is 0 Å². The van der Waals surface area contributed by atoms with E-state index in [0.29, 0.717) is 16.9 Å². The van der Waals surface area contributed by atoms with Crippen molar-refractivity contribution >= 4 is 33.5 Å². The summed E-state index contributed by atoms with van der Waals surface area (Å²) in [6.45, 7) is 6.96. The zero-order valence-electron chi connectivity index (χ0n) is 27.2. The Labute approximate surface area is 277 Å². The number of hydrogen-bond acceptors (Lipinski definition) is 7. The molecule has 1 saturated carbocycles. The Morgan fingerprint density at radius 3 is 2.50 bits per heavy atom. The number of fused-ring (bicyclic) bond motifs is 2. The van der Waals surface area contributed by atoms with Gasteiger partial charge in [0.15, 0.2) is 12.4 Å². The van der Waals surface area contributed by atoms with Gasteiger partial charge in [-0.3, -0.25) is 9.89 Å². The zero-order chi connectivity index (χ0) is 33.2. The number of amides is 1. The summed E-state index contributed by atoms with van der Waals surface area (Å²) in [7, 11) is 2.10. The number of carbonyl (C=O) groups excluding carboxylic acids is 1. The molecule has 2 aromatic carbocycles. The molecule has 1 aliphatic carbocycles. The van der Waals surface area contributed by atoms with Crippen LogP contribution in [0.2, 0.25) is 0 Å². The number of aromatic nitrogens is 4. The number of H-pyrrole nitrogens is 1. The van der Waals surface area contributed by atoms with E-state index in [4.69, 9.17) is 14.7 Å². The van der Waals surface area contributed by atoms with Crippen molar-refractivity contribution in [3.8, 4) is 16.9 Å². The Hall–Kier alpha value is -4.19. The molecule has 2 aromatic heterocycles. The predicted molar refractivity (Wildman–Crippen MR) is 178 cm³/mol. The van der Waals surface area contributed by atoms with Crippen molar-refractivity contribution in [3.05, 3.63) is 54.5 Å². The van der Waals surface area contributed by atoms with Gasteiger partial charge in [0.2, 0.25) is 5.91 Å². The molecule has 0 unspecified atom stereocenters. The SMILES string of the molecule is C=CC(=O)N1CC2(CCN(c3nc(C4CCN(C)CC4)nc4c(OCC(F)(F)F)c(-c5ccc6cn[nH]c6c5)c(C5CC5)cc34)CC2)C1. The molecule has 3 aliphatic heterocycles. The van der Waals surface area contributed by atoms with E-state index in [1.54, 1.807) is 6.20 Å². The Morgan fingerprint density at radius 1 is 1.06 bits per heavy atom. The molecule has 1 spiro atoms. The fourth-order valence-corrected chi connectivity index (χ4v) is 7.91. The lowest BCUT2D eigenvalue weighted by atomic mass is 9.72. The van der Waals surface area contributed by atoms with Crippen molar-refractivity contribution in [2.45, 2.75) is 56.5 Å². The van der Waals surface area contributed by atoms with Gasteiger partial charge in [0.05, 0.1) is 11.7 Å². The van der Waals surface area contributed by atoms with Crippen molar-refractivity contribution in [1.82, 2.24) is 30.0 Å². The lowest BCUT2D eigenvalue weighted by Crippen LogP contribution is -2.61. The molecule has 1 amide bonds. The van der Waals surface area contributed by atoms with E-state index in [2.05, 4.69) is 39.7 Å². The van der Waals surface area contributed by atoms with Crippen LogP contribution in [0, 0.1) is 5.41 Å². The third-order valence-corrected chi connectivity index (χ3v) is 10.8. The quantitative estimate of drug-likeness (QED) is 0.229. The number of piperidine rings is 2. The standard InChI is InChI=1S/C36H40F3N7O2/c1-3-29(47)46-19-35(20-46)10-14-45(15-11-35)34-27-17-26(22-4-5-22)30(24-6-7-25-18-40-43-28(25)16-24)32(48-21-36(37,38)39)31(27)41-33(42-34)23-8-12-44(2)13-9-23/h3,6-7,16-18,22-23H,1,4-5,8-15,19-21H2,2H3,(H,40,43). The van der Waals surface area contributed by atoms with E-state index in [9.17, 15) is 18.0 Å². The van der Waals surface area contributed by atoms with E-state index in [1.165, 1.54) is 6.08 Å². The largest absolute Gasteiger partial charge is 0.481 e. The molecule has 0 radical (unpaired) electrons. The molecule has 252 valence electrons. The number of likely N-dealkylation sites (tertiary alicyclic amines) is 2. The van der Waals surface area contributed by atoms with E-state index in [0.717, 1.165) is 111 Å². The minimum absolute atomic E-state index is 0.0332. The third-order valence-electron chi connectivity index (χ3n) is 10.8. The number of alkyl halides is 3. The van der Waals surface area contributed by atoms with Crippen LogP contribution in [0.25, 0.3) is 32.9 Å². The Morgan fingerprint density at radius 2 is 1.81 bits per heavy atom. The van der Waals surface area contributed by atoms with Crippen LogP contribution >= 0.6 is 0 Å². The fraction of sp³-hybridized carbons (Fsp3) is 0.500. The van der Waals surface area contributed by atoms with E-state index >= 15 is 0 Å². The number of anilines is 1. The summed E-state index contributed by atoms with van der Waals surface area (Å²) in [4.78, 5) is 28.9. The van der Waals surface area contributed by atoms with Crippen LogP contribution in [-0.4, -0.2) is 95.0 Å². The Balaban J connectivity index is 1.28. The number of aromatic amines is 1. The summed E-state index contributed by atoms with van der Waals surface area (Å²) in [5, 5.41) is 8.83. The van der Waals surface area contributed by atoms with Gasteiger partial charge in [-0.15, -0.1) is 0 Å². The predicted octanol–water partition coefficient (Wildman–Crippen LogP) is 6.42. The van der Waals surface area contributed by atoms with E-state index < -0.39 is 12.8 Å². The van der Waals surface area contributed by atoms with Crippen LogP contribution in [0.15, 0.2) is 43.1 Å². The second-order valence-corrected chi connectivity index (χ2v) is 14.3. The van der Waals surface area contributed by atoms with Crippen LogP contribution < -0.4 is 9.64 Å². The van der Waals surface area contributed by atoms with Crippen molar-refractivity contribution in [2.75, 3.05) is 57.8 Å². The number of ether oxygens (including phenoxy) is 1. The first-order valence-corrected chi connectivity index (χ1v) is 17.0. The highest BCUT2D eigenvalue weighted by atomic mass is 19.4. The summed E-state index contributed by atoms with van der Waals surface area (Å²) in [5.74, 6) is 1.89. The summed E-state index contributed by atoms with van der Waals surface area (Å²) in [6, 6.07) is 7.95. The molecule has 4 aromatic rings. The zero-order valence-corrected chi connectivity index (χ0v) is 27.2. The van der Waals surface area contributed by atoms with Crippen LogP contribution in [-0.2, 0) is 4.79 Å². The second-order valence-electron chi connectivity index (χ2n) is 14.3. The summed E-state index contributed by atoms with van der Waals surface area (Å²) >= 11 is 0. The first-order chi connectivity index (χ1) is 23.1. The smallest absolute Gasteiger partial charge is 0.422 e. The average Bonchev–Trinajstić information content (AvgIpc) is 3.81. The number of benzene rings is 2. The monoisotopic (exact) mass is 659 g/mol. The highest BCUT2D eigenvalue weighted by Crippen LogP contribution is 2.52. The molecule has 3 saturated heterocycles. The van der Waals surface area contributed by atoms with Crippen molar-refractivity contribution < 1.29 is 22.7 Å². The Bertz CT molecular complexity index is 1880. The average molecular weight is 660 g/mol. The number of halogens is 3.